The van der Waals surface area contributed by atoms with Gasteiger partial charge in [0.1, 0.15) is 5.75 Å². The minimum atomic E-state index is 0.254. The third-order valence-electron chi connectivity index (χ3n) is 2.13. The summed E-state index contributed by atoms with van der Waals surface area (Å²) in [6, 6.07) is 6.28. The van der Waals surface area contributed by atoms with Crippen molar-refractivity contribution >= 4 is 15.9 Å². The van der Waals surface area contributed by atoms with E-state index in [0.717, 1.165) is 23.1 Å². The van der Waals surface area contributed by atoms with Gasteiger partial charge in [0, 0.05) is 10.5 Å². The molecule has 0 unspecified atom stereocenters. The summed E-state index contributed by atoms with van der Waals surface area (Å²) in [5.41, 5.74) is 6.99. The average molecular weight is 258 g/mol. The van der Waals surface area contributed by atoms with Crippen LogP contribution < -0.4 is 10.5 Å². The van der Waals surface area contributed by atoms with Crippen molar-refractivity contribution in [2.75, 3.05) is 7.11 Å². The first-order valence-electron chi connectivity index (χ1n) is 4.71. The van der Waals surface area contributed by atoms with Gasteiger partial charge in [-0.2, -0.15) is 0 Å². The number of nitrogens with two attached hydrogens (primary N) is 1. The Morgan fingerprint density at radius 1 is 1.50 bits per heavy atom. The fraction of sp³-hybridized carbons (Fsp3) is 0.455. The molecule has 0 bridgehead atoms. The van der Waals surface area contributed by atoms with Gasteiger partial charge in [0.05, 0.1) is 7.11 Å². The molecule has 1 atom stereocenters. The van der Waals surface area contributed by atoms with Gasteiger partial charge in [0.2, 0.25) is 0 Å². The van der Waals surface area contributed by atoms with E-state index >= 15 is 0 Å². The summed E-state index contributed by atoms with van der Waals surface area (Å²) < 4.78 is 6.22. The number of ether oxygens (including phenoxy) is 1. The van der Waals surface area contributed by atoms with Crippen LogP contribution in [-0.2, 0) is 6.42 Å². The molecule has 0 fully saturated rings. The van der Waals surface area contributed by atoms with E-state index in [4.69, 9.17) is 10.5 Å². The Morgan fingerprint density at radius 2 is 2.21 bits per heavy atom. The first kappa shape index (κ1) is 11.5. The minimum Gasteiger partial charge on any atom is -0.497 e. The van der Waals surface area contributed by atoms with Crippen molar-refractivity contribution in [2.24, 2.45) is 5.73 Å². The molecule has 0 aliphatic rings. The lowest BCUT2D eigenvalue weighted by molar-refractivity contribution is 0.414. The van der Waals surface area contributed by atoms with Gasteiger partial charge < -0.3 is 10.5 Å². The summed E-state index contributed by atoms with van der Waals surface area (Å²) in [6.45, 7) is 2.03. The van der Waals surface area contributed by atoms with Crippen LogP contribution in [0.25, 0.3) is 0 Å². The van der Waals surface area contributed by atoms with Crippen LogP contribution in [0.2, 0.25) is 0 Å². The summed E-state index contributed by atoms with van der Waals surface area (Å²) in [5.74, 6) is 0.876. The Morgan fingerprint density at radius 3 is 2.71 bits per heavy atom. The predicted octanol–water partition coefficient (Wildman–Crippen LogP) is 2.74. The molecule has 0 radical (unpaired) electrons. The van der Waals surface area contributed by atoms with E-state index in [1.54, 1.807) is 7.11 Å². The van der Waals surface area contributed by atoms with Crippen LogP contribution in [0.4, 0.5) is 0 Å². The maximum atomic E-state index is 5.71. The fourth-order valence-corrected chi connectivity index (χ4v) is 1.80. The van der Waals surface area contributed by atoms with E-state index in [9.17, 15) is 0 Å². The van der Waals surface area contributed by atoms with Gasteiger partial charge >= 0.3 is 0 Å². The normalized spacial score (nSPS) is 12.6. The number of aryl methyl sites for hydroxylation is 1. The topological polar surface area (TPSA) is 35.2 Å². The van der Waals surface area contributed by atoms with Crippen LogP contribution in [0, 0.1) is 0 Å². The van der Waals surface area contributed by atoms with Crippen molar-refractivity contribution < 1.29 is 4.74 Å². The minimum absolute atomic E-state index is 0.254. The lowest BCUT2D eigenvalue weighted by Crippen LogP contribution is -2.15. The van der Waals surface area contributed by atoms with Crippen LogP contribution in [0.1, 0.15) is 18.9 Å². The standard InChI is InChI=1S/C11H16BrNO/c1-8(13)3-4-9-5-6-10(14-2)7-11(9)12/h5-8H,3-4,13H2,1-2H3/t8-/m0/s1. The van der Waals surface area contributed by atoms with Crippen molar-refractivity contribution in [1.29, 1.82) is 0 Å². The van der Waals surface area contributed by atoms with Crippen molar-refractivity contribution in [3.63, 3.8) is 0 Å². The highest BCUT2D eigenvalue weighted by Gasteiger charge is 2.03. The van der Waals surface area contributed by atoms with Gasteiger partial charge in [0.15, 0.2) is 0 Å². The molecule has 14 heavy (non-hydrogen) atoms. The monoisotopic (exact) mass is 257 g/mol. The van der Waals surface area contributed by atoms with Gasteiger partial charge in [-0.1, -0.05) is 22.0 Å². The Kier molecular flexibility index (Phi) is 4.42. The Bertz CT molecular complexity index is 299. The maximum Gasteiger partial charge on any atom is 0.120 e. The zero-order valence-corrected chi connectivity index (χ0v) is 10.2. The molecule has 2 N–H and O–H groups in total. The van der Waals surface area contributed by atoms with Crippen LogP contribution in [0.5, 0.6) is 5.75 Å². The van der Waals surface area contributed by atoms with E-state index in [1.807, 2.05) is 19.1 Å². The van der Waals surface area contributed by atoms with E-state index in [-0.39, 0.29) is 6.04 Å². The van der Waals surface area contributed by atoms with E-state index in [1.165, 1.54) is 5.56 Å². The molecule has 78 valence electrons. The predicted molar refractivity (Wildman–Crippen MR) is 62.7 cm³/mol. The molecule has 1 rings (SSSR count). The van der Waals surface area contributed by atoms with Crippen molar-refractivity contribution in [3.05, 3.63) is 28.2 Å². The Balaban J connectivity index is 2.69. The highest BCUT2D eigenvalue weighted by Crippen LogP contribution is 2.24. The number of hydrogen-bond donors (Lipinski definition) is 1. The third-order valence-corrected chi connectivity index (χ3v) is 2.87. The van der Waals surface area contributed by atoms with Gasteiger partial charge in [-0.05, 0) is 37.5 Å². The summed E-state index contributed by atoms with van der Waals surface area (Å²) in [4.78, 5) is 0. The molecule has 3 heteroatoms. The molecule has 2 nitrogen and oxygen atoms in total. The van der Waals surface area contributed by atoms with Gasteiger partial charge in [-0.15, -0.1) is 0 Å². The number of methoxy groups -OCH3 is 1. The summed E-state index contributed by atoms with van der Waals surface area (Å²) in [5, 5.41) is 0. The van der Waals surface area contributed by atoms with E-state index in [0.29, 0.717) is 0 Å². The molecular formula is C11H16BrNO. The molecule has 0 amide bonds. The highest BCUT2D eigenvalue weighted by atomic mass is 79.9. The number of hydrogen-bond acceptors (Lipinski definition) is 2. The van der Waals surface area contributed by atoms with Crippen molar-refractivity contribution in [1.82, 2.24) is 0 Å². The second kappa shape index (κ2) is 5.37. The highest BCUT2D eigenvalue weighted by molar-refractivity contribution is 9.10. The largest absolute Gasteiger partial charge is 0.497 e. The zero-order valence-electron chi connectivity index (χ0n) is 8.59. The van der Waals surface area contributed by atoms with E-state index in [2.05, 4.69) is 22.0 Å². The number of halogens is 1. The zero-order chi connectivity index (χ0) is 10.6. The quantitative estimate of drug-likeness (QED) is 0.901. The second-order valence-electron chi connectivity index (χ2n) is 3.47. The second-order valence-corrected chi connectivity index (χ2v) is 4.33. The fourth-order valence-electron chi connectivity index (χ4n) is 1.24. The van der Waals surface area contributed by atoms with E-state index < -0.39 is 0 Å². The van der Waals surface area contributed by atoms with Crippen LogP contribution >= 0.6 is 15.9 Å². The molecule has 1 aromatic rings. The molecule has 0 spiro atoms. The Labute approximate surface area is 93.6 Å². The van der Waals surface area contributed by atoms with Crippen LogP contribution in [0.15, 0.2) is 22.7 Å². The number of rotatable bonds is 4. The molecule has 0 saturated carbocycles. The van der Waals surface area contributed by atoms with Crippen LogP contribution in [-0.4, -0.2) is 13.2 Å². The summed E-state index contributed by atoms with van der Waals surface area (Å²) in [7, 11) is 1.67. The molecule has 0 aromatic heterocycles. The molecule has 1 aromatic carbocycles. The van der Waals surface area contributed by atoms with Crippen LogP contribution in [0.3, 0.4) is 0 Å². The lowest BCUT2D eigenvalue weighted by Gasteiger charge is -2.08. The maximum absolute atomic E-state index is 5.71. The number of benzene rings is 1. The molecule has 0 heterocycles. The lowest BCUT2D eigenvalue weighted by atomic mass is 10.1. The first-order valence-corrected chi connectivity index (χ1v) is 5.50. The van der Waals surface area contributed by atoms with Crippen molar-refractivity contribution in [2.45, 2.75) is 25.8 Å². The first-order chi connectivity index (χ1) is 6.63. The van der Waals surface area contributed by atoms with Crippen molar-refractivity contribution in [3.8, 4) is 5.75 Å². The SMILES string of the molecule is COc1ccc(CC[C@H](C)N)c(Br)c1. The third kappa shape index (κ3) is 3.31. The molecule has 0 aliphatic heterocycles. The summed E-state index contributed by atoms with van der Waals surface area (Å²) in [6.07, 6.45) is 2.01. The molecular weight excluding hydrogens is 242 g/mol. The average Bonchev–Trinajstić information content (AvgIpc) is 2.15. The smallest absolute Gasteiger partial charge is 0.120 e. The van der Waals surface area contributed by atoms with Gasteiger partial charge in [0.25, 0.3) is 0 Å². The van der Waals surface area contributed by atoms with Gasteiger partial charge in [-0.3, -0.25) is 0 Å². The molecule has 0 saturated heterocycles. The summed E-state index contributed by atoms with van der Waals surface area (Å²) >= 11 is 3.52. The Hall–Kier alpha value is -0.540. The van der Waals surface area contributed by atoms with Gasteiger partial charge in [-0.25, -0.2) is 0 Å². The molecule has 0 aliphatic carbocycles.